The van der Waals surface area contributed by atoms with Gasteiger partial charge in [-0.15, -0.1) is 11.3 Å². The van der Waals surface area contributed by atoms with E-state index in [0.717, 1.165) is 15.1 Å². The summed E-state index contributed by atoms with van der Waals surface area (Å²) in [7, 11) is 1.60. The summed E-state index contributed by atoms with van der Waals surface area (Å²) < 4.78 is 6.22. The van der Waals surface area contributed by atoms with Gasteiger partial charge in [0.2, 0.25) is 0 Å². The molecule has 0 saturated heterocycles. The highest BCUT2D eigenvalue weighted by Gasteiger charge is 2.18. The van der Waals surface area contributed by atoms with E-state index >= 15 is 0 Å². The maximum absolute atomic E-state index is 12.5. The van der Waals surface area contributed by atoms with E-state index in [1.807, 2.05) is 24.3 Å². The molecule has 2 rings (SSSR count). The molecule has 0 aliphatic rings. The van der Waals surface area contributed by atoms with Gasteiger partial charge in [0, 0.05) is 24.0 Å². The summed E-state index contributed by atoms with van der Waals surface area (Å²) in [6.45, 7) is 0.605. The Kier molecular flexibility index (Phi) is 5.78. The molecule has 4 nitrogen and oxygen atoms in total. The van der Waals surface area contributed by atoms with Gasteiger partial charge >= 0.3 is 0 Å². The molecule has 0 unspecified atom stereocenters. The Morgan fingerprint density at radius 1 is 1.43 bits per heavy atom. The predicted molar refractivity (Wildman–Crippen MR) is 86.8 cm³/mol. The molecule has 0 saturated carbocycles. The molecular formula is C15H16BrNO3S. The Morgan fingerprint density at radius 2 is 2.19 bits per heavy atom. The molecule has 2 aromatic rings. The summed E-state index contributed by atoms with van der Waals surface area (Å²) in [5.41, 5.74) is 1.53. The van der Waals surface area contributed by atoms with Crippen molar-refractivity contribution in [2.45, 2.75) is 6.54 Å². The summed E-state index contributed by atoms with van der Waals surface area (Å²) in [5.74, 6) is 0.636. The lowest BCUT2D eigenvalue weighted by molar-refractivity contribution is 0.0707. The van der Waals surface area contributed by atoms with E-state index in [1.54, 1.807) is 23.5 Å². The third-order valence-electron chi connectivity index (χ3n) is 3.03. The highest BCUT2D eigenvalue weighted by molar-refractivity contribution is 9.11. The first kappa shape index (κ1) is 16.0. The van der Waals surface area contributed by atoms with Gasteiger partial charge in [-0.3, -0.25) is 4.79 Å². The number of nitrogens with zero attached hydrogens (tertiary/aromatic N) is 1. The quantitative estimate of drug-likeness (QED) is 0.850. The summed E-state index contributed by atoms with van der Waals surface area (Å²) in [6, 6.07) is 9.36. The van der Waals surface area contributed by atoms with E-state index < -0.39 is 0 Å². The molecule has 0 radical (unpaired) electrons. The van der Waals surface area contributed by atoms with Gasteiger partial charge in [0.05, 0.1) is 23.1 Å². The average molecular weight is 370 g/mol. The van der Waals surface area contributed by atoms with Crippen molar-refractivity contribution in [3.63, 3.8) is 0 Å². The van der Waals surface area contributed by atoms with Gasteiger partial charge in [-0.25, -0.2) is 0 Å². The summed E-state index contributed by atoms with van der Waals surface area (Å²) in [6.07, 6.45) is 0. The van der Waals surface area contributed by atoms with Gasteiger partial charge in [-0.05, 0) is 28.1 Å². The second-order valence-corrected chi connectivity index (χ2v) is 6.69. The number of halogens is 1. The summed E-state index contributed by atoms with van der Waals surface area (Å²) in [4.78, 5) is 14.1. The fourth-order valence-corrected chi connectivity index (χ4v) is 3.15. The zero-order chi connectivity index (χ0) is 15.2. The lowest BCUT2D eigenvalue weighted by Crippen LogP contribution is -2.33. The van der Waals surface area contributed by atoms with Crippen molar-refractivity contribution in [2.75, 3.05) is 20.3 Å². The Balaban J connectivity index is 2.21. The van der Waals surface area contributed by atoms with Crippen LogP contribution in [-0.4, -0.2) is 36.2 Å². The monoisotopic (exact) mass is 369 g/mol. The van der Waals surface area contributed by atoms with Crippen LogP contribution < -0.4 is 4.74 Å². The first-order chi connectivity index (χ1) is 10.2. The Labute approximate surface area is 136 Å². The number of aliphatic hydroxyl groups excluding tert-OH is 1. The molecule has 0 fully saturated rings. The number of ether oxygens (including phenoxy) is 1. The van der Waals surface area contributed by atoms with Gasteiger partial charge in [0.15, 0.2) is 0 Å². The molecule has 0 bridgehead atoms. The molecule has 6 heteroatoms. The number of thiophene rings is 1. The van der Waals surface area contributed by atoms with Crippen molar-refractivity contribution in [1.82, 2.24) is 4.90 Å². The molecule has 0 spiro atoms. The maximum atomic E-state index is 12.5. The predicted octanol–water partition coefficient (Wildman–Crippen LogP) is 3.15. The van der Waals surface area contributed by atoms with Crippen molar-refractivity contribution in [2.24, 2.45) is 0 Å². The molecule has 0 aliphatic heterocycles. The molecule has 1 aromatic heterocycles. The molecular weight excluding hydrogens is 354 g/mol. The number of carbonyl (C=O) groups excluding carboxylic acids is 1. The van der Waals surface area contributed by atoms with Gasteiger partial charge in [0.1, 0.15) is 5.75 Å². The van der Waals surface area contributed by atoms with E-state index in [0.29, 0.717) is 12.1 Å². The van der Waals surface area contributed by atoms with Crippen molar-refractivity contribution < 1.29 is 14.6 Å². The third-order valence-corrected chi connectivity index (χ3v) is 4.53. The van der Waals surface area contributed by atoms with Gasteiger partial charge < -0.3 is 14.7 Å². The Hall–Kier alpha value is -1.37. The molecule has 1 heterocycles. The normalized spacial score (nSPS) is 10.4. The van der Waals surface area contributed by atoms with Gasteiger partial charge in [0.25, 0.3) is 5.91 Å². The average Bonchev–Trinajstić information content (AvgIpc) is 2.93. The number of hydrogen-bond donors (Lipinski definition) is 1. The number of rotatable bonds is 6. The van der Waals surface area contributed by atoms with Crippen LogP contribution in [-0.2, 0) is 6.54 Å². The van der Waals surface area contributed by atoms with Gasteiger partial charge in [-0.1, -0.05) is 18.2 Å². The van der Waals surface area contributed by atoms with Gasteiger partial charge in [-0.2, -0.15) is 0 Å². The number of hydrogen-bond acceptors (Lipinski definition) is 4. The standard InChI is InChI=1S/C15H16BrNO3S/c1-20-13-5-3-2-4-11(13)9-17(6-7-18)15(19)12-8-14(16)21-10-12/h2-5,8,10,18H,6-7,9H2,1H3. The largest absolute Gasteiger partial charge is 0.496 e. The topological polar surface area (TPSA) is 49.8 Å². The zero-order valence-electron chi connectivity index (χ0n) is 11.6. The second kappa shape index (κ2) is 7.59. The maximum Gasteiger partial charge on any atom is 0.255 e. The van der Waals surface area contributed by atoms with E-state index in [2.05, 4.69) is 15.9 Å². The van der Waals surface area contributed by atoms with Crippen molar-refractivity contribution in [1.29, 1.82) is 0 Å². The van der Waals surface area contributed by atoms with Crippen molar-refractivity contribution >= 4 is 33.2 Å². The zero-order valence-corrected chi connectivity index (χ0v) is 14.0. The number of amides is 1. The number of carbonyl (C=O) groups is 1. The smallest absolute Gasteiger partial charge is 0.255 e. The fraction of sp³-hybridized carbons (Fsp3) is 0.267. The SMILES string of the molecule is COc1ccccc1CN(CCO)C(=O)c1csc(Br)c1. The number of para-hydroxylation sites is 1. The highest BCUT2D eigenvalue weighted by Crippen LogP contribution is 2.24. The first-order valence-corrected chi connectivity index (χ1v) is 8.09. The molecule has 1 amide bonds. The lowest BCUT2D eigenvalue weighted by Gasteiger charge is -2.22. The minimum Gasteiger partial charge on any atom is -0.496 e. The number of methoxy groups -OCH3 is 1. The Bertz CT molecular complexity index is 614. The Morgan fingerprint density at radius 3 is 2.81 bits per heavy atom. The van der Waals surface area contributed by atoms with Crippen LogP contribution in [0, 0.1) is 0 Å². The van der Waals surface area contributed by atoms with Crippen molar-refractivity contribution in [3.8, 4) is 5.75 Å². The first-order valence-electron chi connectivity index (χ1n) is 6.41. The van der Waals surface area contributed by atoms with Crippen LogP contribution in [0.3, 0.4) is 0 Å². The molecule has 0 atom stereocenters. The van der Waals surface area contributed by atoms with Crippen LogP contribution in [0.2, 0.25) is 0 Å². The minimum atomic E-state index is -0.100. The van der Waals surface area contributed by atoms with Crippen LogP contribution in [0.15, 0.2) is 39.5 Å². The van der Waals surface area contributed by atoms with E-state index in [-0.39, 0.29) is 19.1 Å². The van der Waals surface area contributed by atoms with Crippen molar-refractivity contribution in [3.05, 3.63) is 50.6 Å². The third kappa shape index (κ3) is 4.06. The van der Waals surface area contributed by atoms with Crippen LogP contribution in [0.1, 0.15) is 15.9 Å². The number of aliphatic hydroxyl groups is 1. The molecule has 1 aromatic carbocycles. The van der Waals surface area contributed by atoms with E-state index in [4.69, 9.17) is 4.74 Å². The van der Waals surface area contributed by atoms with Crippen LogP contribution in [0.25, 0.3) is 0 Å². The van der Waals surface area contributed by atoms with E-state index in [9.17, 15) is 9.90 Å². The summed E-state index contributed by atoms with van der Waals surface area (Å²) >= 11 is 4.82. The fourth-order valence-electron chi connectivity index (χ4n) is 2.02. The molecule has 21 heavy (non-hydrogen) atoms. The van der Waals surface area contributed by atoms with Crippen LogP contribution >= 0.6 is 27.3 Å². The molecule has 0 aliphatic carbocycles. The molecule has 112 valence electrons. The van der Waals surface area contributed by atoms with Crippen LogP contribution in [0.5, 0.6) is 5.75 Å². The summed E-state index contributed by atoms with van der Waals surface area (Å²) in [5, 5.41) is 11.0. The lowest BCUT2D eigenvalue weighted by atomic mass is 10.1. The molecule has 1 N–H and O–H groups in total. The highest BCUT2D eigenvalue weighted by atomic mass is 79.9. The number of benzene rings is 1. The minimum absolute atomic E-state index is 0.0772. The van der Waals surface area contributed by atoms with Crippen LogP contribution in [0.4, 0.5) is 0 Å². The second-order valence-electron chi connectivity index (χ2n) is 4.40. The van der Waals surface area contributed by atoms with E-state index in [1.165, 1.54) is 11.3 Å².